The molecule has 1 fully saturated rings. The van der Waals surface area contributed by atoms with E-state index in [1.165, 1.54) is 0 Å². The average Bonchev–Trinajstić information content (AvgIpc) is 2.28. The maximum absolute atomic E-state index is 11.8. The quantitative estimate of drug-likeness (QED) is 0.750. The van der Waals surface area contributed by atoms with Crippen molar-refractivity contribution in [3.8, 4) is 0 Å². The monoisotopic (exact) mass is 255 g/mol. The van der Waals surface area contributed by atoms with E-state index in [1.54, 1.807) is 0 Å². The molecule has 1 aliphatic rings. The number of carbonyl (C=O) groups excluding carboxylic acids is 2. The molecular formula is C13H25N3O2. The fraction of sp³-hybridized carbons (Fsp3) is 0.846. The van der Waals surface area contributed by atoms with E-state index in [0.29, 0.717) is 19.0 Å². The molecule has 104 valence electrons. The van der Waals surface area contributed by atoms with Crippen LogP contribution in [0.1, 0.15) is 39.5 Å². The smallest absolute Gasteiger partial charge is 0.234 e. The lowest BCUT2D eigenvalue weighted by Crippen LogP contribution is -2.45. The molecule has 0 heterocycles. The van der Waals surface area contributed by atoms with E-state index in [4.69, 9.17) is 5.73 Å². The summed E-state index contributed by atoms with van der Waals surface area (Å²) in [4.78, 5) is 25.0. The summed E-state index contributed by atoms with van der Waals surface area (Å²) >= 11 is 0. The second-order valence-corrected chi connectivity index (χ2v) is 5.54. The molecule has 1 saturated carbocycles. The maximum atomic E-state index is 11.8. The molecule has 0 radical (unpaired) electrons. The molecule has 0 aromatic carbocycles. The van der Waals surface area contributed by atoms with Crippen molar-refractivity contribution in [2.45, 2.75) is 51.6 Å². The van der Waals surface area contributed by atoms with Gasteiger partial charge in [-0.15, -0.1) is 0 Å². The zero-order valence-electron chi connectivity index (χ0n) is 11.6. The van der Waals surface area contributed by atoms with Crippen molar-refractivity contribution in [1.82, 2.24) is 10.2 Å². The third-order valence-electron chi connectivity index (χ3n) is 3.72. The number of nitrogens with zero attached hydrogens (tertiary/aromatic N) is 1. The highest BCUT2D eigenvalue weighted by Gasteiger charge is 2.26. The Morgan fingerprint density at radius 2 is 2.06 bits per heavy atom. The predicted molar refractivity (Wildman–Crippen MR) is 70.8 cm³/mol. The standard InChI is InChI=1S/C13H25N3O2/c1-9(2)16(3)8-12(17)15-11-6-4-5-10(7-11)13(14)18/h9-11H,4-8H2,1-3H3,(H2,14,18)(H,15,17). The van der Waals surface area contributed by atoms with Crippen LogP contribution in [0.5, 0.6) is 0 Å². The molecule has 0 spiro atoms. The molecule has 2 atom stereocenters. The Morgan fingerprint density at radius 3 is 2.61 bits per heavy atom. The molecular weight excluding hydrogens is 230 g/mol. The summed E-state index contributed by atoms with van der Waals surface area (Å²) in [6.07, 6.45) is 3.44. The largest absolute Gasteiger partial charge is 0.369 e. The first-order chi connectivity index (χ1) is 8.40. The number of hydrogen-bond donors (Lipinski definition) is 2. The van der Waals surface area contributed by atoms with E-state index in [9.17, 15) is 9.59 Å². The van der Waals surface area contributed by atoms with Gasteiger partial charge in [-0.05, 0) is 40.2 Å². The lowest BCUT2D eigenvalue weighted by Gasteiger charge is -2.29. The van der Waals surface area contributed by atoms with E-state index < -0.39 is 0 Å². The van der Waals surface area contributed by atoms with Crippen LogP contribution >= 0.6 is 0 Å². The fourth-order valence-corrected chi connectivity index (χ4v) is 2.26. The van der Waals surface area contributed by atoms with Gasteiger partial charge >= 0.3 is 0 Å². The van der Waals surface area contributed by atoms with Gasteiger partial charge in [0, 0.05) is 18.0 Å². The van der Waals surface area contributed by atoms with Gasteiger partial charge < -0.3 is 11.1 Å². The van der Waals surface area contributed by atoms with Crippen molar-refractivity contribution in [3.05, 3.63) is 0 Å². The second-order valence-electron chi connectivity index (χ2n) is 5.54. The Kier molecular flexibility index (Phi) is 5.59. The van der Waals surface area contributed by atoms with E-state index in [0.717, 1.165) is 19.3 Å². The maximum Gasteiger partial charge on any atom is 0.234 e. The van der Waals surface area contributed by atoms with Crippen molar-refractivity contribution in [1.29, 1.82) is 0 Å². The number of hydrogen-bond acceptors (Lipinski definition) is 3. The molecule has 0 aromatic rings. The first kappa shape index (κ1) is 15.0. The predicted octanol–water partition coefficient (Wildman–Crippen LogP) is 0.487. The zero-order valence-corrected chi connectivity index (χ0v) is 11.6. The van der Waals surface area contributed by atoms with E-state index in [2.05, 4.69) is 19.2 Å². The first-order valence-corrected chi connectivity index (χ1v) is 6.69. The van der Waals surface area contributed by atoms with Crippen molar-refractivity contribution < 1.29 is 9.59 Å². The molecule has 0 aromatic heterocycles. The van der Waals surface area contributed by atoms with Crippen LogP contribution in [0.25, 0.3) is 0 Å². The molecule has 1 aliphatic carbocycles. The summed E-state index contributed by atoms with van der Waals surface area (Å²) in [5, 5.41) is 3.00. The minimum absolute atomic E-state index is 0.0290. The van der Waals surface area contributed by atoms with Gasteiger partial charge in [0.15, 0.2) is 0 Å². The highest BCUT2D eigenvalue weighted by molar-refractivity contribution is 5.79. The molecule has 5 heteroatoms. The second kappa shape index (κ2) is 6.73. The van der Waals surface area contributed by atoms with Crippen LogP contribution in [0, 0.1) is 5.92 Å². The van der Waals surface area contributed by atoms with Crippen molar-refractivity contribution in [2.75, 3.05) is 13.6 Å². The summed E-state index contributed by atoms with van der Waals surface area (Å²) in [6, 6.07) is 0.449. The van der Waals surface area contributed by atoms with E-state index in [1.807, 2.05) is 11.9 Å². The number of likely N-dealkylation sites (N-methyl/N-ethyl adjacent to an activating group) is 1. The Balaban J connectivity index is 2.37. The number of nitrogens with one attached hydrogen (secondary N) is 1. The van der Waals surface area contributed by atoms with Crippen molar-refractivity contribution >= 4 is 11.8 Å². The molecule has 0 bridgehead atoms. The Hall–Kier alpha value is -1.10. The van der Waals surface area contributed by atoms with E-state index in [-0.39, 0.29) is 23.8 Å². The van der Waals surface area contributed by atoms with Crippen molar-refractivity contribution in [2.24, 2.45) is 11.7 Å². The van der Waals surface area contributed by atoms with Crippen LogP contribution < -0.4 is 11.1 Å². The van der Waals surface area contributed by atoms with Crippen molar-refractivity contribution in [3.63, 3.8) is 0 Å². The molecule has 2 amide bonds. The van der Waals surface area contributed by atoms with Crippen LogP contribution in [0.2, 0.25) is 0 Å². The highest BCUT2D eigenvalue weighted by Crippen LogP contribution is 2.23. The summed E-state index contributed by atoms with van der Waals surface area (Å²) < 4.78 is 0. The number of amides is 2. The van der Waals surface area contributed by atoms with E-state index >= 15 is 0 Å². The van der Waals surface area contributed by atoms with Crippen LogP contribution in [0.15, 0.2) is 0 Å². The zero-order chi connectivity index (χ0) is 13.7. The Bertz CT molecular complexity index is 305. The van der Waals surface area contributed by atoms with Gasteiger partial charge in [0.1, 0.15) is 0 Å². The third-order valence-corrected chi connectivity index (χ3v) is 3.72. The molecule has 1 rings (SSSR count). The van der Waals surface area contributed by atoms with Crippen LogP contribution in [-0.2, 0) is 9.59 Å². The molecule has 3 N–H and O–H groups in total. The molecule has 5 nitrogen and oxygen atoms in total. The normalized spacial score (nSPS) is 24.3. The van der Waals surface area contributed by atoms with Gasteiger partial charge in [-0.25, -0.2) is 0 Å². The fourth-order valence-electron chi connectivity index (χ4n) is 2.26. The number of carbonyl (C=O) groups is 2. The minimum atomic E-state index is -0.242. The van der Waals surface area contributed by atoms with Crippen LogP contribution in [0.4, 0.5) is 0 Å². The molecule has 2 unspecified atom stereocenters. The number of primary amides is 1. The Labute approximate surface area is 109 Å². The SMILES string of the molecule is CC(C)N(C)CC(=O)NC1CCCC(C(N)=O)C1. The topological polar surface area (TPSA) is 75.4 Å². The first-order valence-electron chi connectivity index (χ1n) is 6.69. The number of rotatable bonds is 5. The summed E-state index contributed by atoms with van der Waals surface area (Å²) in [7, 11) is 1.93. The van der Waals surface area contributed by atoms with Gasteiger partial charge in [0.2, 0.25) is 11.8 Å². The summed E-state index contributed by atoms with van der Waals surface area (Å²) in [5.41, 5.74) is 5.32. The summed E-state index contributed by atoms with van der Waals surface area (Å²) in [5.74, 6) is -0.290. The lowest BCUT2D eigenvalue weighted by molar-refractivity contribution is -0.126. The van der Waals surface area contributed by atoms with Gasteiger partial charge in [-0.1, -0.05) is 6.42 Å². The Morgan fingerprint density at radius 1 is 1.39 bits per heavy atom. The average molecular weight is 255 g/mol. The van der Waals surface area contributed by atoms with Gasteiger partial charge in [0.05, 0.1) is 6.54 Å². The number of nitrogens with two attached hydrogens (primary N) is 1. The van der Waals surface area contributed by atoms with Gasteiger partial charge in [-0.2, -0.15) is 0 Å². The molecule has 18 heavy (non-hydrogen) atoms. The minimum Gasteiger partial charge on any atom is -0.369 e. The lowest BCUT2D eigenvalue weighted by atomic mass is 9.85. The highest BCUT2D eigenvalue weighted by atomic mass is 16.2. The molecule has 0 saturated heterocycles. The summed E-state index contributed by atoms with van der Waals surface area (Å²) in [6.45, 7) is 4.50. The van der Waals surface area contributed by atoms with Crippen LogP contribution in [-0.4, -0.2) is 42.4 Å². The molecule has 0 aliphatic heterocycles. The van der Waals surface area contributed by atoms with Gasteiger partial charge in [-0.3, -0.25) is 14.5 Å². The van der Waals surface area contributed by atoms with Crippen LogP contribution in [0.3, 0.4) is 0 Å². The third kappa shape index (κ3) is 4.64. The van der Waals surface area contributed by atoms with Gasteiger partial charge in [0.25, 0.3) is 0 Å².